The average molecular weight is 753 g/mol. The van der Waals surface area contributed by atoms with E-state index in [1.807, 2.05) is 47.1 Å². The van der Waals surface area contributed by atoms with Gasteiger partial charge < -0.3 is 15.3 Å². The molecule has 8 rings (SSSR count). The van der Waals surface area contributed by atoms with Crippen LogP contribution in [0.4, 0.5) is 11.4 Å². The van der Waals surface area contributed by atoms with E-state index in [1.165, 1.54) is 0 Å². The number of aromatic nitrogens is 4. The molecule has 7 aromatic rings. The molecule has 6 aromatic carbocycles. The molecule has 1 aromatic heterocycles. The number of unbranched alkanes of at least 4 members (excludes halogenated alkanes) is 1. The molecule has 0 aliphatic carbocycles. The summed E-state index contributed by atoms with van der Waals surface area (Å²) in [5, 5.41) is 28.1. The van der Waals surface area contributed by atoms with Crippen molar-refractivity contribution in [1.82, 2.24) is 20.2 Å². The zero-order valence-corrected chi connectivity index (χ0v) is 32.7. The van der Waals surface area contributed by atoms with Crippen LogP contribution >= 0.6 is 0 Å². The molecule has 0 radical (unpaired) electrons. The lowest BCUT2D eigenvalue weighted by atomic mass is 9.77. The molecular formula is C49H48N6O2. The number of hydrogen-bond acceptors (Lipinski definition) is 6. The van der Waals surface area contributed by atoms with Crippen LogP contribution in [-0.2, 0) is 12.1 Å². The first kappa shape index (κ1) is 37.4. The lowest BCUT2D eigenvalue weighted by Crippen LogP contribution is -2.51. The van der Waals surface area contributed by atoms with Gasteiger partial charge in [-0.2, -0.15) is 0 Å². The van der Waals surface area contributed by atoms with Crippen LogP contribution in [0.15, 0.2) is 158 Å². The van der Waals surface area contributed by atoms with Crippen LogP contribution in [0, 0.1) is 5.92 Å². The van der Waals surface area contributed by atoms with Gasteiger partial charge in [0, 0.05) is 12.1 Å². The molecule has 8 heteroatoms. The largest absolute Gasteiger partial charge is 0.478 e. The van der Waals surface area contributed by atoms with Gasteiger partial charge in [-0.05, 0) is 81.1 Å². The van der Waals surface area contributed by atoms with Crippen LogP contribution in [0.3, 0.4) is 0 Å². The normalized spacial score (nSPS) is 15.1. The van der Waals surface area contributed by atoms with Crippen molar-refractivity contribution in [2.75, 3.05) is 10.2 Å². The Hall–Kier alpha value is -6.54. The van der Waals surface area contributed by atoms with Gasteiger partial charge in [0.2, 0.25) is 0 Å². The van der Waals surface area contributed by atoms with Gasteiger partial charge in [0.1, 0.15) is 11.2 Å². The number of benzene rings is 6. The molecular weight excluding hydrogens is 705 g/mol. The van der Waals surface area contributed by atoms with E-state index in [4.69, 9.17) is 10.3 Å². The number of carboxylic acid groups (broad SMARTS) is 1. The van der Waals surface area contributed by atoms with Crippen LogP contribution < -0.4 is 10.2 Å². The molecule has 1 aliphatic rings. The monoisotopic (exact) mass is 752 g/mol. The third kappa shape index (κ3) is 6.86. The van der Waals surface area contributed by atoms with Crippen LogP contribution in [0.2, 0.25) is 0 Å². The van der Waals surface area contributed by atoms with Gasteiger partial charge in [-0.25, -0.2) is 9.48 Å². The molecule has 2 N–H and O–H groups in total. The van der Waals surface area contributed by atoms with Gasteiger partial charge in [0.25, 0.3) is 0 Å². The summed E-state index contributed by atoms with van der Waals surface area (Å²) in [5.74, 6) is 0.125. The third-order valence-electron chi connectivity index (χ3n) is 11.2. The number of anilines is 2. The highest BCUT2D eigenvalue weighted by Crippen LogP contribution is 2.48. The Balaban J connectivity index is 1.22. The Morgan fingerprint density at radius 1 is 0.737 bits per heavy atom. The fourth-order valence-corrected chi connectivity index (χ4v) is 8.86. The second-order valence-corrected chi connectivity index (χ2v) is 15.4. The number of para-hydroxylation sites is 1. The highest BCUT2D eigenvalue weighted by atomic mass is 16.4. The molecule has 0 bridgehead atoms. The standard InChI is InChI=1S/C49H48N6O2/c1-4-5-32-48(33-35(2)3)50-44-27-17-26-43(47(56)57)45(44)54(48)34-36-28-30-37(31-29-36)41-24-15-16-25-42(41)46-51-52-53-55(46)49(38-18-9-6-10-19-38,39-20-11-7-12-21-39)40-22-13-8-14-23-40/h6-31,35,50H,4-5,32-34H2,1-3H3,(H,56,57). The zero-order chi connectivity index (χ0) is 39.4. The summed E-state index contributed by atoms with van der Waals surface area (Å²) < 4.78 is 1.97. The van der Waals surface area contributed by atoms with Crippen molar-refractivity contribution in [3.8, 4) is 22.5 Å². The smallest absolute Gasteiger partial charge is 0.337 e. The number of fused-ring (bicyclic) bond motifs is 1. The summed E-state index contributed by atoms with van der Waals surface area (Å²) in [5.41, 5.74) is 7.83. The second kappa shape index (κ2) is 15.9. The topological polar surface area (TPSA) is 96.2 Å². The molecule has 8 nitrogen and oxygen atoms in total. The van der Waals surface area contributed by atoms with E-state index in [0.717, 1.165) is 76.0 Å². The number of nitrogens with one attached hydrogen (secondary N) is 1. The minimum absolute atomic E-state index is 0.322. The first-order valence-corrected chi connectivity index (χ1v) is 19.9. The number of rotatable bonds is 14. The molecule has 0 saturated carbocycles. The number of carboxylic acids is 1. The molecule has 0 fully saturated rings. The van der Waals surface area contributed by atoms with Crippen molar-refractivity contribution in [2.24, 2.45) is 5.92 Å². The van der Waals surface area contributed by atoms with E-state index in [-0.39, 0.29) is 0 Å². The quantitative estimate of drug-likeness (QED) is 0.107. The first-order valence-electron chi connectivity index (χ1n) is 19.9. The first-order chi connectivity index (χ1) is 27.9. The van der Waals surface area contributed by atoms with Crippen molar-refractivity contribution in [3.63, 3.8) is 0 Å². The van der Waals surface area contributed by atoms with Crippen molar-refractivity contribution in [1.29, 1.82) is 0 Å². The second-order valence-electron chi connectivity index (χ2n) is 15.4. The summed E-state index contributed by atoms with van der Waals surface area (Å²) in [7, 11) is 0. The van der Waals surface area contributed by atoms with E-state index >= 15 is 0 Å². The van der Waals surface area contributed by atoms with E-state index < -0.39 is 17.2 Å². The van der Waals surface area contributed by atoms with Gasteiger partial charge in [-0.1, -0.05) is 173 Å². The van der Waals surface area contributed by atoms with Gasteiger partial charge >= 0.3 is 5.97 Å². The Labute approximate surface area is 334 Å². The van der Waals surface area contributed by atoms with Crippen molar-refractivity contribution in [2.45, 2.75) is 64.2 Å². The molecule has 286 valence electrons. The predicted molar refractivity (Wildman–Crippen MR) is 228 cm³/mol. The van der Waals surface area contributed by atoms with Crippen LogP contribution in [-0.4, -0.2) is 36.9 Å². The number of hydrogen-bond donors (Lipinski definition) is 2. The van der Waals surface area contributed by atoms with E-state index in [2.05, 4.69) is 145 Å². The highest BCUT2D eigenvalue weighted by Gasteiger charge is 2.45. The number of tetrazole rings is 1. The minimum Gasteiger partial charge on any atom is -0.478 e. The molecule has 1 atom stereocenters. The number of carbonyl (C=O) groups is 1. The van der Waals surface area contributed by atoms with E-state index in [0.29, 0.717) is 23.9 Å². The fraction of sp³-hybridized carbons (Fsp3) is 0.224. The molecule has 2 heterocycles. The molecule has 0 spiro atoms. The maximum absolute atomic E-state index is 12.6. The van der Waals surface area contributed by atoms with Crippen molar-refractivity contribution in [3.05, 3.63) is 186 Å². The summed E-state index contributed by atoms with van der Waals surface area (Å²) in [6.45, 7) is 7.24. The lowest BCUT2D eigenvalue weighted by Gasteiger charge is -2.42. The molecule has 0 saturated heterocycles. The van der Waals surface area contributed by atoms with Gasteiger partial charge in [-0.3, -0.25) is 0 Å². The highest BCUT2D eigenvalue weighted by molar-refractivity contribution is 6.00. The third-order valence-corrected chi connectivity index (χ3v) is 11.2. The Kier molecular flexibility index (Phi) is 10.4. The Bertz CT molecular complexity index is 2350. The summed E-state index contributed by atoms with van der Waals surface area (Å²) >= 11 is 0. The Morgan fingerprint density at radius 3 is 1.88 bits per heavy atom. The minimum atomic E-state index is -0.917. The Morgan fingerprint density at radius 2 is 1.32 bits per heavy atom. The molecule has 1 aliphatic heterocycles. The SMILES string of the molecule is CCCCC1(CC(C)C)Nc2cccc(C(=O)O)c2N1Cc1ccc(-c2ccccc2-c2nnnn2C(c2ccccc2)(c2ccccc2)c2ccccc2)cc1. The molecule has 0 amide bonds. The summed E-state index contributed by atoms with van der Waals surface area (Å²) in [6.07, 6.45) is 3.88. The van der Waals surface area contributed by atoms with Crippen LogP contribution in [0.25, 0.3) is 22.5 Å². The van der Waals surface area contributed by atoms with Gasteiger partial charge in [0.05, 0.1) is 16.9 Å². The average Bonchev–Trinajstić information content (AvgIpc) is 3.85. The number of aromatic carboxylic acids is 1. The van der Waals surface area contributed by atoms with Gasteiger partial charge in [-0.15, -0.1) is 5.10 Å². The number of nitrogens with zero attached hydrogens (tertiary/aromatic N) is 5. The maximum Gasteiger partial charge on any atom is 0.337 e. The predicted octanol–water partition coefficient (Wildman–Crippen LogP) is 10.9. The lowest BCUT2D eigenvalue weighted by molar-refractivity contribution is 0.0697. The van der Waals surface area contributed by atoms with Crippen molar-refractivity contribution < 1.29 is 9.90 Å². The maximum atomic E-state index is 12.6. The van der Waals surface area contributed by atoms with E-state index in [1.54, 1.807) is 6.07 Å². The fourth-order valence-electron chi connectivity index (χ4n) is 8.86. The molecule has 1 unspecified atom stereocenters. The molecule has 57 heavy (non-hydrogen) atoms. The van der Waals surface area contributed by atoms with Crippen LogP contribution in [0.5, 0.6) is 0 Å². The van der Waals surface area contributed by atoms with Crippen molar-refractivity contribution >= 4 is 17.3 Å². The van der Waals surface area contributed by atoms with E-state index in [9.17, 15) is 9.90 Å². The van der Waals surface area contributed by atoms with Gasteiger partial charge in [0.15, 0.2) is 5.82 Å². The van der Waals surface area contributed by atoms with Crippen LogP contribution in [0.1, 0.15) is 79.1 Å². The summed E-state index contributed by atoms with van der Waals surface area (Å²) in [4.78, 5) is 14.9. The summed E-state index contributed by atoms with van der Waals surface area (Å²) in [6, 6.07) is 53.8. The zero-order valence-electron chi connectivity index (χ0n) is 32.7.